The van der Waals surface area contributed by atoms with E-state index in [4.69, 9.17) is 5.73 Å². The van der Waals surface area contributed by atoms with Gasteiger partial charge in [-0.15, -0.1) is 11.3 Å². The highest BCUT2D eigenvalue weighted by Gasteiger charge is 2.16. The smallest absolute Gasteiger partial charge is 0.0843 e. The van der Waals surface area contributed by atoms with Crippen molar-refractivity contribution in [3.05, 3.63) is 30.9 Å². The zero-order valence-electron chi connectivity index (χ0n) is 9.01. The summed E-state index contributed by atoms with van der Waals surface area (Å²) in [5, 5.41) is 0. The molecule has 1 aromatic rings. The van der Waals surface area contributed by atoms with Crippen molar-refractivity contribution in [2.24, 2.45) is 5.73 Å². The van der Waals surface area contributed by atoms with Crippen molar-refractivity contribution >= 4 is 43.2 Å². The molecule has 0 saturated heterocycles. The van der Waals surface area contributed by atoms with Gasteiger partial charge < -0.3 is 5.73 Å². The fourth-order valence-electron chi connectivity index (χ4n) is 2.02. The zero-order chi connectivity index (χ0) is 11.5. The second-order valence-corrected chi connectivity index (χ2v) is 7.38. The van der Waals surface area contributed by atoms with E-state index in [0.717, 1.165) is 14.7 Å². The van der Waals surface area contributed by atoms with Crippen LogP contribution in [0.2, 0.25) is 0 Å². The Balaban J connectivity index is 2.17. The molecular weight excluding hydrogens is 350 g/mol. The normalized spacial score (nSPS) is 19.1. The van der Waals surface area contributed by atoms with Crippen LogP contribution in [0.5, 0.6) is 0 Å². The van der Waals surface area contributed by atoms with Crippen LogP contribution < -0.4 is 5.73 Å². The van der Waals surface area contributed by atoms with E-state index in [-0.39, 0.29) is 6.04 Å². The van der Waals surface area contributed by atoms with Gasteiger partial charge in [0.05, 0.1) is 9.83 Å². The lowest BCUT2D eigenvalue weighted by Gasteiger charge is -2.13. The van der Waals surface area contributed by atoms with Gasteiger partial charge in [-0.1, -0.05) is 18.1 Å². The van der Waals surface area contributed by atoms with Crippen molar-refractivity contribution in [3.8, 4) is 0 Å². The molecule has 1 atom stereocenters. The number of hydrogen-bond donors (Lipinski definition) is 1. The van der Waals surface area contributed by atoms with Crippen molar-refractivity contribution in [3.63, 3.8) is 0 Å². The summed E-state index contributed by atoms with van der Waals surface area (Å²) in [5.74, 6) is 0. The Labute approximate surface area is 117 Å². The van der Waals surface area contributed by atoms with Gasteiger partial charge in [-0.05, 0) is 63.6 Å². The summed E-state index contributed by atoms with van der Waals surface area (Å²) in [4.78, 5) is 1.24. The molecule has 1 heterocycles. The van der Waals surface area contributed by atoms with Gasteiger partial charge in [0.25, 0.3) is 0 Å². The SMILES string of the molecule is NC(C1=CCCCCC1)c1cc(Br)c(Br)s1. The highest BCUT2D eigenvalue weighted by Crippen LogP contribution is 2.38. The Morgan fingerprint density at radius 2 is 2.06 bits per heavy atom. The maximum atomic E-state index is 6.32. The highest BCUT2D eigenvalue weighted by molar-refractivity contribution is 9.13. The van der Waals surface area contributed by atoms with Crippen LogP contribution >= 0.6 is 43.2 Å². The van der Waals surface area contributed by atoms with Gasteiger partial charge >= 0.3 is 0 Å². The first-order valence-electron chi connectivity index (χ1n) is 5.57. The fourth-order valence-corrected chi connectivity index (χ4v) is 4.16. The molecule has 1 aliphatic rings. The molecule has 0 saturated carbocycles. The molecule has 2 N–H and O–H groups in total. The molecule has 0 aromatic carbocycles. The predicted molar refractivity (Wildman–Crippen MR) is 77.8 cm³/mol. The molecule has 0 spiro atoms. The van der Waals surface area contributed by atoms with E-state index in [2.05, 4.69) is 44.0 Å². The molecule has 0 aliphatic heterocycles. The summed E-state index contributed by atoms with van der Waals surface area (Å²) >= 11 is 8.76. The highest BCUT2D eigenvalue weighted by atomic mass is 79.9. The lowest BCUT2D eigenvalue weighted by molar-refractivity contribution is 0.690. The largest absolute Gasteiger partial charge is 0.320 e. The Morgan fingerprint density at radius 3 is 2.75 bits per heavy atom. The van der Waals surface area contributed by atoms with E-state index in [0.29, 0.717) is 0 Å². The summed E-state index contributed by atoms with van der Waals surface area (Å²) in [6, 6.07) is 2.22. The molecule has 4 heteroatoms. The van der Waals surface area contributed by atoms with Gasteiger partial charge in [0.1, 0.15) is 0 Å². The quantitative estimate of drug-likeness (QED) is 0.720. The van der Waals surface area contributed by atoms with Gasteiger partial charge in [0, 0.05) is 9.35 Å². The lowest BCUT2D eigenvalue weighted by Crippen LogP contribution is -2.11. The van der Waals surface area contributed by atoms with Gasteiger partial charge in [-0.25, -0.2) is 0 Å². The van der Waals surface area contributed by atoms with Crippen molar-refractivity contribution in [2.75, 3.05) is 0 Å². The van der Waals surface area contributed by atoms with E-state index in [1.807, 2.05) is 0 Å². The van der Waals surface area contributed by atoms with Gasteiger partial charge in [-0.3, -0.25) is 0 Å². The van der Waals surface area contributed by atoms with Crippen LogP contribution in [0.1, 0.15) is 43.0 Å². The first kappa shape index (κ1) is 12.8. The minimum Gasteiger partial charge on any atom is -0.320 e. The Kier molecular flexibility index (Phi) is 4.65. The number of hydrogen-bond acceptors (Lipinski definition) is 2. The number of allylic oxidation sites excluding steroid dienone is 1. The van der Waals surface area contributed by atoms with Gasteiger partial charge in [0.15, 0.2) is 0 Å². The predicted octanol–water partition coefficient (Wildman–Crippen LogP) is 5.16. The fraction of sp³-hybridized carbons (Fsp3) is 0.500. The van der Waals surface area contributed by atoms with Crippen LogP contribution in [0.4, 0.5) is 0 Å². The Bertz CT molecular complexity index is 378. The molecule has 1 nitrogen and oxygen atoms in total. The summed E-state index contributed by atoms with van der Waals surface area (Å²) < 4.78 is 2.24. The van der Waals surface area contributed by atoms with E-state index < -0.39 is 0 Å². The summed E-state index contributed by atoms with van der Waals surface area (Å²) in [7, 11) is 0. The molecule has 0 radical (unpaired) electrons. The van der Waals surface area contributed by atoms with Gasteiger partial charge in [0.2, 0.25) is 0 Å². The molecule has 0 fully saturated rings. The maximum absolute atomic E-state index is 6.32. The monoisotopic (exact) mass is 363 g/mol. The van der Waals surface area contributed by atoms with Gasteiger partial charge in [-0.2, -0.15) is 0 Å². The molecule has 16 heavy (non-hydrogen) atoms. The first-order chi connectivity index (χ1) is 7.68. The molecule has 2 rings (SSSR count). The molecule has 1 aliphatic carbocycles. The second kappa shape index (κ2) is 5.80. The molecular formula is C12H15Br2NS. The minimum absolute atomic E-state index is 0.0886. The van der Waals surface area contributed by atoms with Crippen LogP contribution in [0.15, 0.2) is 26.0 Å². The van der Waals surface area contributed by atoms with Crippen molar-refractivity contribution < 1.29 is 0 Å². The summed E-state index contributed by atoms with van der Waals surface area (Å²) in [6.07, 6.45) is 8.64. The molecule has 0 bridgehead atoms. The van der Waals surface area contributed by atoms with Crippen LogP contribution in [0, 0.1) is 0 Å². The average molecular weight is 365 g/mol. The maximum Gasteiger partial charge on any atom is 0.0843 e. The number of halogens is 2. The standard InChI is InChI=1S/C12H15Br2NS/c13-9-7-10(16-12(9)14)11(15)8-5-3-1-2-4-6-8/h5,7,11H,1-4,6,15H2. The summed E-state index contributed by atoms with van der Waals surface area (Å²) in [5.41, 5.74) is 7.74. The van der Waals surface area contributed by atoms with E-state index in [1.54, 1.807) is 11.3 Å². The number of thiophene rings is 1. The third-order valence-electron chi connectivity index (χ3n) is 2.95. The zero-order valence-corrected chi connectivity index (χ0v) is 13.0. The lowest BCUT2D eigenvalue weighted by atomic mass is 10.0. The third kappa shape index (κ3) is 2.97. The van der Waals surface area contributed by atoms with Crippen LogP contribution in [-0.4, -0.2) is 0 Å². The van der Waals surface area contributed by atoms with E-state index in [1.165, 1.54) is 36.1 Å². The molecule has 1 aromatic heterocycles. The van der Waals surface area contributed by atoms with Crippen LogP contribution in [0.3, 0.4) is 0 Å². The van der Waals surface area contributed by atoms with Crippen LogP contribution in [0.25, 0.3) is 0 Å². The van der Waals surface area contributed by atoms with Crippen molar-refractivity contribution in [1.29, 1.82) is 0 Å². The third-order valence-corrected chi connectivity index (χ3v) is 6.29. The van der Waals surface area contributed by atoms with E-state index in [9.17, 15) is 0 Å². The van der Waals surface area contributed by atoms with E-state index >= 15 is 0 Å². The molecule has 88 valence electrons. The molecule has 0 amide bonds. The van der Waals surface area contributed by atoms with Crippen LogP contribution in [-0.2, 0) is 0 Å². The topological polar surface area (TPSA) is 26.0 Å². The first-order valence-corrected chi connectivity index (χ1v) is 7.98. The second-order valence-electron chi connectivity index (χ2n) is 4.13. The molecule has 1 unspecified atom stereocenters. The number of rotatable bonds is 2. The van der Waals surface area contributed by atoms with Crippen molar-refractivity contribution in [1.82, 2.24) is 0 Å². The minimum atomic E-state index is 0.0886. The Morgan fingerprint density at radius 1 is 1.25 bits per heavy atom. The Hall–Kier alpha value is 0.360. The van der Waals surface area contributed by atoms with Crippen molar-refractivity contribution in [2.45, 2.75) is 38.1 Å². The summed E-state index contributed by atoms with van der Waals surface area (Å²) in [6.45, 7) is 0. The number of nitrogens with two attached hydrogens (primary N) is 1. The average Bonchev–Trinajstić information content (AvgIpc) is 2.51.